The monoisotopic (exact) mass is 278 g/mol. The van der Waals surface area contributed by atoms with Crippen molar-refractivity contribution in [2.75, 3.05) is 0 Å². The molecule has 1 aliphatic heterocycles. The number of hydrogen-bond acceptors (Lipinski definition) is 1. The molecule has 0 aromatic heterocycles. The van der Waals surface area contributed by atoms with E-state index < -0.39 is 11.6 Å². The number of aryl methyl sites for hydroxylation is 1. The first-order chi connectivity index (χ1) is 9.17. The zero-order chi connectivity index (χ0) is 13.8. The Balaban J connectivity index is 2.40. The molecule has 1 aromatic rings. The van der Waals surface area contributed by atoms with E-state index in [9.17, 15) is 8.78 Å². The summed E-state index contributed by atoms with van der Waals surface area (Å²) in [7, 11) is 0. The van der Waals surface area contributed by atoms with E-state index >= 15 is 0 Å². The van der Waals surface area contributed by atoms with E-state index in [0.717, 1.165) is 23.3 Å². The van der Waals surface area contributed by atoms with Crippen molar-refractivity contribution in [2.24, 2.45) is 0 Å². The molecule has 0 aliphatic carbocycles. The number of hydrogen-bond donors (Lipinski definition) is 0. The minimum Gasteiger partial charge on any atom is -0.204 e. The fourth-order valence-corrected chi connectivity index (χ4v) is 3.30. The van der Waals surface area contributed by atoms with Gasteiger partial charge in [-0.15, -0.1) is 11.8 Å². The third kappa shape index (κ3) is 2.98. The Morgan fingerprint density at radius 1 is 1.26 bits per heavy atom. The van der Waals surface area contributed by atoms with Crippen LogP contribution in [0.4, 0.5) is 8.78 Å². The van der Waals surface area contributed by atoms with Crippen molar-refractivity contribution < 1.29 is 8.78 Å². The molecule has 0 nitrogen and oxygen atoms in total. The highest BCUT2D eigenvalue weighted by Gasteiger charge is 2.17. The van der Waals surface area contributed by atoms with Crippen LogP contribution in [0.5, 0.6) is 0 Å². The Morgan fingerprint density at radius 3 is 2.74 bits per heavy atom. The molecule has 1 aliphatic rings. The van der Waals surface area contributed by atoms with E-state index in [1.54, 1.807) is 12.1 Å². The first-order valence-electron chi connectivity index (χ1n) is 6.24. The van der Waals surface area contributed by atoms with E-state index in [1.165, 1.54) is 23.4 Å². The lowest BCUT2D eigenvalue weighted by molar-refractivity contribution is 0.500. The van der Waals surface area contributed by atoms with Crippen LogP contribution in [0.1, 0.15) is 24.5 Å². The zero-order valence-electron chi connectivity index (χ0n) is 10.9. The molecular weight excluding hydrogens is 262 g/mol. The Morgan fingerprint density at radius 2 is 2.05 bits per heavy atom. The van der Waals surface area contributed by atoms with Crippen molar-refractivity contribution >= 4 is 11.8 Å². The first-order valence-corrected chi connectivity index (χ1v) is 7.22. The van der Waals surface area contributed by atoms with Crippen LogP contribution < -0.4 is 0 Å². The Labute approximate surface area is 116 Å². The van der Waals surface area contributed by atoms with Gasteiger partial charge in [0.25, 0.3) is 0 Å². The molecule has 2 rings (SSSR count). The van der Waals surface area contributed by atoms with Gasteiger partial charge in [-0.25, -0.2) is 8.78 Å². The van der Waals surface area contributed by atoms with Crippen LogP contribution in [-0.2, 0) is 12.2 Å². The van der Waals surface area contributed by atoms with Crippen molar-refractivity contribution in [3.05, 3.63) is 70.2 Å². The number of allylic oxidation sites excluding steroid dienone is 4. The van der Waals surface area contributed by atoms with E-state index in [-0.39, 0.29) is 0 Å². The highest BCUT2D eigenvalue weighted by Crippen LogP contribution is 2.34. The molecule has 0 bridgehead atoms. The molecule has 0 amide bonds. The van der Waals surface area contributed by atoms with Crippen molar-refractivity contribution in [1.29, 1.82) is 0 Å². The molecule has 0 atom stereocenters. The average Bonchev–Trinajstić information content (AvgIpc) is 2.39. The largest absolute Gasteiger partial charge is 0.204 e. The number of halogens is 2. The van der Waals surface area contributed by atoms with Crippen molar-refractivity contribution in [1.82, 2.24) is 0 Å². The molecule has 100 valence electrons. The van der Waals surface area contributed by atoms with Crippen molar-refractivity contribution in [3.8, 4) is 0 Å². The fourth-order valence-electron chi connectivity index (χ4n) is 2.21. The second-order valence-electron chi connectivity index (χ2n) is 4.38. The molecular formula is C16H16F2S. The minimum atomic E-state index is -0.766. The Bertz CT molecular complexity index is 556. The van der Waals surface area contributed by atoms with Gasteiger partial charge in [0.1, 0.15) is 0 Å². The van der Waals surface area contributed by atoms with Gasteiger partial charge in [0.05, 0.1) is 0 Å². The fraction of sp³-hybridized carbons (Fsp3) is 0.250. The van der Waals surface area contributed by atoms with Gasteiger partial charge in [-0.1, -0.05) is 30.9 Å². The molecule has 0 radical (unpaired) electrons. The van der Waals surface area contributed by atoms with Crippen LogP contribution in [0.25, 0.3) is 0 Å². The van der Waals surface area contributed by atoms with Gasteiger partial charge in [0.15, 0.2) is 11.6 Å². The SMILES string of the molecule is C=C/C1=C(\C=C/C)CCc2ccc(F)c(F)c2CS1. The minimum absolute atomic E-state index is 0.446. The first kappa shape index (κ1) is 14.1. The van der Waals surface area contributed by atoms with Gasteiger partial charge in [-0.05, 0) is 37.0 Å². The molecule has 0 unspecified atom stereocenters. The molecule has 0 saturated carbocycles. The van der Waals surface area contributed by atoms with Crippen LogP contribution in [0.2, 0.25) is 0 Å². The molecule has 0 saturated heterocycles. The second-order valence-corrected chi connectivity index (χ2v) is 5.40. The molecule has 3 heteroatoms. The van der Waals surface area contributed by atoms with Crippen LogP contribution in [0.15, 0.2) is 47.4 Å². The van der Waals surface area contributed by atoms with E-state index in [4.69, 9.17) is 0 Å². The molecule has 0 N–H and O–H groups in total. The van der Waals surface area contributed by atoms with Gasteiger partial charge < -0.3 is 0 Å². The molecule has 19 heavy (non-hydrogen) atoms. The Hall–Kier alpha value is -1.35. The number of fused-ring (bicyclic) bond motifs is 1. The lowest BCUT2D eigenvalue weighted by Crippen LogP contribution is -2.03. The summed E-state index contributed by atoms with van der Waals surface area (Å²) in [5.74, 6) is -1.03. The highest BCUT2D eigenvalue weighted by atomic mass is 32.2. The van der Waals surface area contributed by atoms with Gasteiger partial charge >= 0.3 is 0 Å². The smallest absolute Gasteiger partial charge is 0.163 e. The third-order valence-corrected chi connectivity index (χ3v) is 4.37. The van der Waals surface area contributed by atoms with E-state index in [1.807, 2.05) is 13.0 Å². The summed E-state index contributed by atoms with van der Waals surface area (Å²) in [6.45, 7) is 5.78. The maximum atomic E-state index is 13.8. The van der Waals surface area contributed by atoms with E-state index in [0.29, 0.717) is 11.3 Å². The lowest BCUT2D eigenvalue weighted by Gasteiger charge is -2.17. The summed E-state index contributed by atoms with van der Waals surface area (Å²) in [6.07, 6.45) is 7.39. The van der Waals surface area contributed by atoms with Gasteiger partial charge in [0, 0.05) is 16.2 Å². The zero-order valence-corrected chi connectivity index (χ0v) is 11.7. The molecule has 1 aromatic carbocycles. The maximum Gasteiger partial charge on any atom is 0.163 e. The highest BCUT2D eigenvalue weighted by molar-refractivity contribution is 8.02. The maximum absolute atomic E-state index is 13.8. The van der Waals surface area contributed by atoms with Crippen LogP contribution in [0, 0.1) is 11.6 Å². The topological polar surface area (TPSA) is 0 Å². The normalized spacial score (nSPS) is 19.9. The second kappa shape index (κ2) is 6.20. The predicted octanol–water partition coefficient (Wildman–Crippen LogP) is 5.16. The predicted molar refractivity (Wildman–Crippen MR) is 78.0 cm³/mol. The van der Waals surface area contributed by atoms with Gasteiger partial charge in [0.2, 0.25) is 0 Å². The number of benzene rings is 1. The summed E-state index contributed by atoms with van der Waals surface area (Å²) in [4.78, 5) is 1.05. The summed E-state index contributed by atoms with van der Waals surface area (Å²) >= 11 is 1.51. The molecule has 0 spiro atoms. The van der Waals surface area contributed by atoms with Crippen molar-refractivity contribution in [3.63, 3.8) is 0 Å². The van der Waals surface area contributed by atoms with Gasteiger partial charge in [-0.3, -0.25) is 0 Å². The molecule has 1 heterocycles. The van der Waals surface area contributed by atoms with Gasteiger partial charge in [-0.2, -0.15) is 0 Å². The van der Waals surface area contributed by atoms with Crippen LogP contribution in [0.3, 0.4) is 0 Å². The standard InChI is InChI=1S/C16H16F2S/c1-3-5-12-7-6-11-8-9-14(17)16(18)13(11)10-19-15(12)4-2/h3-5,8-9H,2,6-7,10H2,1H3/b5-3-,15-12-. The van der Waals surface area contributed by atoms with Crippen molar-refractivity contribution in [2.45, 2.75) is 25.5 Å². The van der Waals surface area contributed by atoms with E-state index in [2.05, 4.69) is 12.7 Å². The lowest BCUT2D eigenvalue weighted by atomic mass is 9.99. The summed E-state index contributed by atoms with van der Waals surface area (Å²) in [5, 5.41) is 0. The Kier molecular flexibility index (Phi) is 4.59. The summed E-state index contributed by atoms with van der Waals surface area (Å²) in [5.41, 5.74) is 2.60. The van der Waals surface area contributed by atoms with Crippen LogP contribution >= 0.6 is 11.8 Å². The number of rotatable bonds is 2. The molecule has 0 fully saturated rings. The summed E-state index contributed by atoms with van der Waals surface area (Å²) in [6, 6.07) is 2.91. The van der Waals surface area contributed by atoms with Crippen LogP contribution in [-0.4, -0.2) is 0 Å². The third-order valence-electron chi connectivity index (χ3n) is 3.20. The summed E-state index contributed by atoms with van der Waals surface area (Å²) < 4.78 is 27.1. The number of thioether (sulfide) groups is 1. The average molecular weight is 278 g/mol. The quantitative estimate of drug-likeness (QED) is 0.720.